The van der Waals surface area contributed by atoms with Gasteiger partial charge in [-0.05, 0) is 128 Å². The number of nitrogens with zero attached hydrogens (tertiary/aromatic N) is 1. The molecule has 0 amide bonds. The van der Waals surface area contributed by atoms with Gasteiger partial charge in [0.05, 0.1) is 40.3 Å². The van der Waals surface area contributed by atoms with E-state index in [1.165, 1.54) is 0 Å². The Balaban J connectivity index is 4.40. The Morgan fingerprint density at radius 1 is 0.390 bits per heavy atom. The van der Waals surface area contributed by atoms with Crippen LogP contribution < -0.4 is 5.11 Å². The topological polar surface area (TPSA) is 111 Å². The SMILES string of the molecule is CC/C=C\C/C=C\C/C=C\C/C=C\C/C=C\C/C=C\C/C=C\C/C=C\CCCCCCCCC(=O)OC(COC(=O)CCCC/C=C\C/C=C\C/C=C\C/C=C\C/C=C\C/C=C\CC)COC(OCC[N+](C)(C)C)C(=O)[O-]. The molecule has 0 aliphatic rings. The standard InChI is InChI=1S/C68H105NO8/c1-6-8-10-12-14-16-18-20-22-24-26-28-29-30-31-32-33-34-35-36-37-39-41-43-45-47-49-51-53-55-57-59-66(71)77-64(63-76-68(67(72)73)74-61-60-69(3,4)5)62-75-65(70)58-56-54-52-50-48-46-44-42-40-38-27-25-23-21-19-17-15-13-11-9-7-2/h8-11,14-17,20-23,26-28,30-31,33-34,36-38,41-44,48,50,64,68H,6-7,12-13,18-19,24-25,29,32,35,39-40,45-47,49,51-63H2,1-5H3/b10-8-,11-9-,16-14-,17-15-,22-20-,23-21-,28-26-,31-30-,34-33-,37-36-,38-27-,43-41-,44-42-,50-48-. The van der Waals surface area contributed by atoms with Crippen LogP contribution in [0.3, 0.4) is 0 Å². The van der Waals surface area contributed by atoms with E-state index in [0.29, 0.717) is 23.9 Å². The third-order valence-electron chi connectivity index (χ3n) is 11.5. The van der Waals surface area contributed by atoms with Crippen LogP contribution >= 0.6 is 0 Å². The molecule has 430 valence electrons. The first-order valence-electron chi connectivity index (χ1n) is 29.3. The number of unbranched alkanes of at least 4 members (excludes halogenated alkanes) is 8. The number of hydrogen-bond donors (Lipinski definition) is 0. The molecule has 0 radical (unpaired) electrons. The number of rotatable bonds is 51. The maximum Gasteiger partial charge on any atom is 0.306 e. The third-order valence-corrected chi connectivity index (χ3v) is 11.5. The molecular formula is C68H105NO8. The van der Waals surface area contributed by atoms with Crippen molar-refractivity contribution in [2.24, 2.45) is 0 Å². The van der Waals surface area contributed by atoms with Crippen molar-refractivity contribution in [3.8, 4) is 0 Å². The van der Waals surface area contributed by atoms with Crippen LogP contribution in [0.15, 0.2) is 170 Å². The molecule has 0 aromatic heterocycles. The van der Waals surface area contributed by atoms with Crippen molar-refractivity contribution in [1.82, 2.24) is 0 Å². The van der Waals surface area contributed by atoms with Gasteiger partial charge in [0.25, 0.3) is 0 Å². The van der Waals surface area contributed by atoms with Crippen LogP contribution in [-0.4, -0.2) is 82.3 Å². The summed E-state index contributed by atoms with van der Waals surface area (Å²) in [4.78, 5) is 37.3. The highest BCUT2D eigenvalue weighted by Crippen LogP contribution is 2.12. The summed E-state index contributed by atoms with van der Waals surface area (Å²) in [5.74, 6) is -2.39. The summed E-state index contributed by atoms with van der Waals surface area (Å²) < 4.78 is 22.6. The van der Waals surface area contributed by atoms with Crippen LogP contribution in [0.5, 0.6) is 0 Å². The van der Waals surface area contributed by atoms with E-state index in [4.69, 9.17) is 18.9 Å². The number of carboxylic acid groups (broad SMARTS) is 1. The number of allylic oxidation sites excluding steroid dienone is 28. The Kier molecular flexibility index (Phi) is 52.9. The molecule has 0 fully saturated rings. The number of quaternary nitrogens is 1. The average molecular weight is 1060 g/mol. The normalized spacial score (nSPS) is 14.0. The lowest BCUT2D eigenvalue weighted by Crippen LogP contribution is -2.44. The van der Waals surface area contributed by atoms with Crippen molar-refractivity contribution in [2.75, 3.05) is 47.5 Å². The molecule has 0 aliphatic carbocycles. The van der Waals surface area contributed by atoms with Crippen molar-refractivity contribution in [2.45, 2.75) is 193 Å². The molecule has 9 heteroatoms. The maximum atomic E-state index is 12.9. The van der Waals surface area contributed by atoms with E-state index in [2.05, 4.69) is 184 Å². The number of likely N-dealkylation sites (N-methyl/N-ethyl adjacent to an activating group) is 1. The minimum atomic E-state index is -1.65. The third kappa shape index (κ3) is 58.2. The largest absolute Gasteiger partial charge is 0.545 e. The van der Waals surface area contributed by atoms with E-state index in [1.807, 2.05) is 21.1 Å². The van der Waals surface area contributed by atoms with Gasteiger partial charge in [0.2, 0.25) is 0 Å². The summed E-state index contributed by atoms with van der Waals surface area (Å²) in [7, 11) is 5.88. The summed E-state index contributed by atoms with van der Waals surface area (Å²) in [6, 6.07) is 0. The second kappa shape index (κ2) is 56.8. The number of carbonyl (C=O) groups excluding carboxylic acids is 3. The molecule has 0 rings (SSSR count). The summed E-state index contributed by atoms with van der Waals surface area (Å²) in [5, 5.41) is 11.8. The van der Waals surface area contributed by atoms with Crippen molar-refractivity contribution in [1.29, 1.82) is 0 Å². The summed E-state index contributed by atoms with van der Waals surface area (Å²) in [6.07, 6.45) is 82.6. The first kappa shape index (κ1) is 71.7. The minimum Gasteiger partial charge on any atom is -0.545 e. The second-order valence-corrected chi connectivity index (χ2v) is 19.8. The van der Waals surface area contributed by atoms with Gasteiger partial charge in [-0.25, -0.2) is 0 Å². The monoisotopic (exact) mass is 1060 g/mol. The zero-order valence-electron chi connectivity index (χ0n) is 48.7. The van der Waals surface area contributed by atoms with E-state index in [1.54, 1.807) is 0 Å². The summed E-state index contributed by atoms with van der Waals surface area (Å²) in [5.41, 5.74) is 0. The Hall–Kier alpha value is -5.35. The van der Waals surface area contributed by atoms with Gasteiger partial charge < -0.3 is 33.3 Å². The van der Waals surface area contributed by atoms with Gasteiger partial charge >= 0.3 is 11.9 Å². The van der Waals surface area contributed by atoms with Crippen LogP contribution in [0.25, 0.3) is 0 Å². The van der Waals surface area contributed by atoms with Crippen LogP contribution in [0.1, 0.15) is 181 Å². The number of carboxylic acids is 1. The zero-order chi connectivity index (χ0) is 56.2. The molecular weight excluding hydrogens is 959 g/mol. The van der Waals surface area contributed by atoms with E-state index >= 15 is 0 Å². The van der Waals surface area contributed by atoms with E-state index in [-0.39, 0.29) is 32.7 Å². The highest BCUT2D eigenvalue weighted by atomic mass is 16.7. The van der Waals surface area contributed by atoms with Crippen LogP contribution in [-0.2, 0) is 33.3 Å². The van der Waals surface area contributed by atoms with E-state index in [0.717, 1.165) is 141 Å². The van der Waals surface area contributed by atoms with Gasteiger partial charge in [0.15, 0.2) is 12.4 Å². The molecule has 0 saturated heterocycles. The molecule has 0 spiro atoms. The van der Waals surface area contributed by atoms with Crippen LogP contribution in [0, 0.1) is 0 Å². The van der Waals surface area contributed by atoms with Gasteiger partial charge in [0, 0.05) is 12.8 Å². The number of carbonyl (C=O) groups is 3. The lowest BCUT2D eigenvalue weighted by atomic mass is 10.1. The predicted octanol–water partition coefficient (Wildman–Crippen LogP) is 16.2. The fraction of sp³-hybridized carbons (Fsp3) is 0.544. The molecule has 77 heavy (non-hydrogen) atoms. The molecule has 0 N–H and O–H groups in total. The fourth-order valence-corrected chi connectivity index (χ4v) is 7.02. The molecule has 0 saturated carbocycles. The Morgan fingerprint density at radius 2 is 0.701 bits per heavy atom. The Morgan fingerprint density at radius 3 is 1.06 bits per heavy atom. The number of aliphatic carboxylic acids is 1. The zero-order valence-corrected chi connectivity index (χ0v) is 48.7. The molecule has 2 unspecified atom stereocenters. The van der Waals surface area contributed by atoms with Gasteiger partial charge in [-0.1, -0.05) is 210 Å². The highest BCUT2D eigenvalue weighted by Gasteiger charge is 2.22. The van der Waals surface area contributed by atoms with Crippen molar-refractivity contribution in [3.05, 3.63) is 170 Å². The van der Waals surface area contributed by atoms with Gasteiger partial charge in [-0.2, -0.15) is 0 Å². The quantitative estimate of drug-likeness (QED) is 0.0195. The van der Waals surface area contributed by atoms with Crippen molar-refractivity contribution in [3.63, 3.8) is 0 Å². The molecule has 0 bridgehead atoms. The Labute approximate surface area is 469 Å². The van der Waals surface area contributed by atoms with Gasteiger partial charge in [-0.3, -0.25) is 9.59 Å². The average Bonchev–Trinajstić information content (AvgIpc) is 3.40. The summed E-state index contributed by atoms with van der Waals surface area (Å²) >= 11 is 0. The first-order valence-corrected chi connectivity index (χ1v) is 29.3. The maximum absolute atomic E-state index is 12.9. The number of esters is 2. The van der Waals surface area contributed by atoms with E-state index < -0.39 is 30.3 Å². The fourth-order valence-electron chi connectivity index (χ4n) is 7.02. The molecule has 9 nitrogen and oxygen atoms in total. The number of hydrogen-bond acceptors (Lipinski definition) is 8. The predicted molar refractivity (Wildman–Crippen MR) is 324 cm³/mol. The molecule has 2 atom stereocenters. The lowest BCUT2D eigenvalue weighted by molar-refractivity contribution is -0.870. The molecule has 0 aromatic rings. The lowest BCUT2D eigenvalue weighted by Gasteiger charge is -2.26. The second-order valence-electron chi connectivity index (χ2n) is 19.8. The van der Waals surface area contributed by atoms with Crippen LogP contribution in [0.4, 0.5) is 0 Å². The molecule has 0 heterocycles. The summed E-state index contributed by atoms with van der Waals surface area (Å²) in [6.45, 7) is 4.41. The molecule has 0 aliphatic heterocycles. The number of ether oxygens (including phenoxy) is 4. The van der Waals surface area contributed by atoms with Gasteiger partial charge in [-0.15, -0.1) is 0 Å². The minimum absolute atomic E-state index is 0.126. The van der Waals surface area contributed by atoms with Crippen molar-refractivity contribution >= 4 is 17.9 Å². The molecule has 0 aromatic carbocycles. The van der Waals surface area contributed by atoms with Crippen molar-refractivity contribution < 1.29 is 42.9 Å². The van der Waals surface area contributed by atoms with Gasteiger partial charge in [0.1, 0.15) is 13.2 Å². The smallest absolute Gasteiger partial charge is 0.306 e. The highest BCUT2D eigenvalue weighted by molar-refractivity contribution is 5.70. The van der Waals surface area contributed by atoms with Crippen LogP contribution in [0.2, 0.25) is 0 Å². The van der Waals surface area contributed by atoms with E-state index in [9.17, 15) is 19.5 Å². The Bertz CT molecular complexity index is 1860. The first-order chi connectivity index (χ1) is 37.6.